The Kier molecular flexibility index (Phi) is 2.37. The number of para-hydroxylation sites is 1. The zero-order valence-corrected chi connectivity index (χ0v) is 23.5. The number of hydrogen-bond donors (Lipinski definition) is 0. The number of benzene rings is 9. The van der Waals surface area contributed by atoms with Crippen molar-refractivity contribution in [2.45, 2.75) is 0 Å². The number of fused-ring (bicyclic) bond motifs is 8. The normalized spacial score (nSPS) is 19.9. The number of furan rings is 1. The summed E-state index contributed by atoms with van der Waals surface area (Å²) in [4.78, 5) is 0. The molecule has 10 rings (SSSR count). The van der Waals surface area contributed by atoms with E-state index in [1.54, 1.807) is 0 Å². The van der Waals surface area contributed by atoms with Gasteiger partial charge in [-0.1, -0.05) is 157 Å². The highest BCUT2D eigenvalue weighted by molar-refractivity contribution is 6.24. The first-order valence-electron chi connectivity index (χ1n) is 27.5. The molecule has 0 atom stereocenters. The predicted octanol–water partition coefficient (Wildman–Crippen LogP) is 13.2. The van der Waals surface area contributed by atoms with Gasteiger partial charge >= 0.3 is 0 Å². The van der Waals surface area contributed by atoms with Crippen LogP contribution in [0.1, 0.15) is 37.0 Å². The summed E-state index contributed by atoms with van der Waals surface area (Å²) in [7, 11) is 0. The van der Waals surface area contributed by atoms with E-state index in [0.29, 0.717) is 0 Å². The highest BCUT2D eigenvalue weighted by Crippen LogP contribution is 2.46. The molecule has 218 valence electrons. The summed E-state index contributed by atoms with van der Waals surface area (Å²) in [5.74, 6) is 0. The fraction of sp³-hybridized carbons (Fsp3) is 0. The van der Waals surface area contributed by atoms with Gasteiger partial charge in [-0.2, -0.15) is 0 Å². The Labute approximate surface area is 309 Å². The number of hydrogen-bond acceptors (Lipinski definition) is 1. The average Bonchev–Trinajstić information content (AvgIpc) is 3.77. The van der Waals surface area contributed by atoms with E-state index in [1.165, 1.54) is 0 Å². The molecule has 1 heterocycles. The maximum atomic E-state index is 9.98. The van der Waals surface area contributed by atoms with Crippen molar-refractivity contribution in [1.82, 2.24) is 0 Å². The monoisotopic (exact) mass is 623 g/mol. The highest BCUT2D eigenvalue weighted by Gasteiger charge is 2.19. The Morgan fingerprint density at radius 2 is 0.957 bits per heavy atom. The summed E-state index contributed by atoms with van der Waals surface area (Å²) in [6.45, 7) is 0. The van der Waals surface area contributed by atoms with Gasteiger partial charge in [-0.05, 0) is 83.0 Å². The van der Waals surface area contributed by atoms with Gasteiger partial charge in [0.2, 0.25) is 0 Å². The van der Waals surface area contributed by atoms with Gasteiger partial charge in [0, 0.05) is 16.3 Å². The average molecular weight is 624 g/mol. The van der Waals surface area contributed by atoms with E-state index in [4.69, 9.17) is 27.7 Å². The van der Waals surface area contributed by atoms with Crippen LogP contribution in [0.4, 0.5) is 0 Å². The van der Waals surface area contributed by atoms with Crippen LogP contribution in [0.3, 0.4) is 0 Å². The van der Waals surface area contributed by atoms with Crippen molar-refractivity contribution in [3.63, 3.8) is 0 Å². The summed E-state index contributed by atoms with van der Waals surface area (Å²) in [5.41, 5.74) is -5.70. The molecule has 9 aromatic carbocycles. The zero-order chi connectivity index (χ0) is 54.4. The van der Waals surface area contributed by atoms with Crippen LogP contribution in [0, 0.1) is 0 Å². The quantitative estimate of drug-likeness (QED) is 0.178. The van der Waals surface area contributed by atoms with E-state index < -0.39 is 251 Å². The predicted molar refractivity (Wildman–Crippen MR) is 200 cm³/mol. The maximum Gasteiger partial charge on any atom is 0.143 e. The van der Waals surface area contributed by atoms with Crippen molar-refractivity contribution in [2.75, 3.05) is 0 Å². The minimum Gasteiger partial charge on any atom is -0.455 e. The summed E-state index contributed by atoms with van der Waals surface area (Å²) in [5, 5.41) is -5.45. The molecule has 47 heavy (non-hydrogen) atoms. The lowest BCUT2D eigenvalue weighted by Gasteiger charge is -2.19. The van der Waals surface area contributed by atoms with Crippen LogP contribution < -0.4 is 0 Å². The molecule has 0 aliphatic rings. The summed E-state index contributed by atoms with van der Waals surface area (Å²) in [6.07, 6.45) is 0. The molecular weight excluding hydrogens is 569 g/mol. The third-order valence-electron chi connectivity index (χ3n) is 7.88. The summed E-state index contributed by atoms with van der Waals surface area (Å²) >= 11 is 0. The van der Waals surface area contributed by atoms with Crippen molar-refractivity contribution >= 4 is 65.0 Å². The van der Waals surface area contributed by atoms with Crippen LogP contribution in [0.25, 0.3) is 98.4 Å². The van der Waals surface area contributed by atoms with Crippen LogP contribution in [0.5, 0.6) is 0 Å². The highest BCUT2D eigenvalue weighted by atomic mass is 16.3. The van der Waals surface area contributed by atoms with Gasteiger partial charge in [0.05, 0.1) is 37.0 Å². The second-order valence-electron chi connectivity index (χ2n) is 10.3. The molecule has 0 amide bonds. The Bertz CT molecular complexity index is 4310. The standard InChI is InChI=1S/C46H28O/c1-3-17-33-29(12-1)14-10-24-36(33)44-39-21-7-5-19-37(39)43(38-20-6-8-22-40(38)44)32-16-9-15-31(28-32)35-23-11-25-41-45-34-18-4-2-13-30(34)26-27-42(45)47-46(35)41/h1-28H/i1D,2D,3D,4D,5D,6D,7D,8D,9D,10D,11D,12D,13D,15D,16D,17D,18D,19D,20D,21D,22D,23D,24D,25D,26D,27D,28D. The summed E-state index contributed by atoms with van der Waals surface area (Å²) < 4.78 is 250. The fourth-order valence-electron chi connectivity index (χ4n) is 5.93. The van der Waals surface area contributed by atoms with Gasteiger partial charge in [-0.25, -0.2) is 0 Å². The van der Waals surface area contributed by atoms with E-state index in [0.717, 1.165) is 6.07 Å². The molecule has 0 radical (unpaired) electrons. The van der Waals surface area contributed by atoms with Crippen LogP contribution in [-0.2, 0) is 0 Å². The van der Waals surface area contributed by atoms with Crippen molar-refractivity contribution in [3.8, 4) is 33.4 Å². The van der Waals surface area contributed by atoms with E-state index in [2.05, 4.69) is 0 Å². The zero-order valence-electron chi connectivity index (χ0n) is 50.5. The molecule has 1 aromatic heterocycles. The van der Waals surface area contributed by atoms with Crippen LogP contribution >= 0.6 is 0 Å². The van der Waals surface area contributed by atoms with Crippen molar-refractivity contribution in [1.29, 1.82) is 0 Å². The topological polar surface area (TPSA) is 13.1 Å². The molecule has 0 spiro atoms. The van der Waals surface area contributed by atoms with E-state index in [9.17, 15) is 13.7 Å². The van der Waals surface area contributed by atoms with E-state index in [-0.39, 0.29) is 10.8 Å². The van der Waals surface area contributed by atoms with Crippen molar-refractivity contribution in [2.24, 2.45) is 0 Å². The van der Waals surface area contributed by atoms with Crippen molar-refractivity contribution < 1.29 is 41.4 Å². The Hall–Kier alpha value is -6.18. The van der Waals surface area contributed by atoms with E-state index in [1.807, 2.05) is 0 Å². The van der Waals surface area contributed by atoms with Crippen LogP contribution in [-0.4, -0.2) is 0 Å². The Morgan fingerprint density at radius 1 is 0.383 bits per heavy atom. The molecular formula is C46H28O. The molecule has 0 unspecified atom stereocenters. The second-order valence-corrected chi connectivity index (χ2v) is 10.3. The molecule has 10 aromatic rings. The molecule has 0 aliphatic carbocycles. The molecule has 0 bridgehead atoms. The summed E-state index contributed by atoms with van der Waals surface area (Å²) in [6, 6.07) is -22.9. The third kappa shape index (κ3) is 3.90. The second kappa shape index (κ2) is 10.2. The molecule has 1 heteroatoms. The molecule has 0 saturated carbocycles. The van der Waals surface area contributed by atoms with Gasteiger partial charge in [0.25, 0.3) is 0 Å². The lowest BCUT2D eigenvalue weighted by molar-refractivity contribution is 0.670. The van der Waals surface area contributed by atoms with E-state index >= 15 is 0 Å². The first-order chi connectivity index (χ1) is 34.6. The minimum absolute atomic E-state index is 0.351. The largest absolute Gasteiger partial charge is 0.455 e. The van der Waals surface area contributed by atoms with Crippen LogP contribution in [0.15, 0.2) is 174 Å². The molecule has 0 aliphatic heterocycles. The van der Waals surface area contributed by atoms with Gasteiger partial charge in [0.1, 0.15) is 11.2 Å². The minimum atomic E-state index is -1.07. The molecule has 0 fully saturated rings. The van der Waals surface area contributed by atoms with Gasteiger partial charge in [-0.3, -0.25) is 0 Å². The smallest absolute Gasteiger partial charge is 0.143 e. The van der Waals surface area contributed by atoms with Gasteiger partial charge in [0.15, 0.2) is 0 Å². The Morgan fingerprint density at radius 3 is 1.72 bits per heavy atom. The lowest BCUT2D eigenvalue weighted by atomic mass is 9.84. The Balaban J connectivity index is 1.50. The molecule has 1 nitrogen and oxygen atoms in total. The molecule has 0 N–H and O–H groups in total. The number of rotatable bonds is 3. The third-order valence-corrected chi connectivity index (χ3v) is 7.88. The van der Waals surface area contributed by atoms with Gasteiger partial charge < -0.3 is 4.42 Å². The first kappa shape index (κ1) is 11.0. The lowest BCUT2D eigenvalue weighted by Crippen LogP contribution is -1.92. The SMILES string of the molecule is [2H]c1cc2c([2H])c([2H])c([2H])c([2H])c2c(-c2c3c([2H])c([2H])c([2H])c([2H])c3c(-c3c([2H])c([2H])c([2H])c(-c4c([2H])c([2H])c([2H])c5c4oc4c([2H])c([2H])c6c([2H])c([2H])c([2H])c([2H])c6c45)c3[2H])c3c([2H])c([2H])c([2H])c([2H])c23)c1[2H]. The first-order valence-corrected chi connectivity index (χ1v) is 14.0. The molecule has 0 saturated heterocycles. The van der Waals surface area contributed by atoms with Crippen molar-refractivity contribution in [3.05, 3.63) is 169 Å². The fourth-order valence-corrected chi connectivity index (χ4v) is 5.93. The van der Waals surface area contributed by atoms with Gasteiger partial charge in [-0.15, -0.1) is 0 Å². The van der Waals surface area contributed by atoms with Crippen LogP contribution in [0.2, 0.25) is 0 Å². The maximum absolute atomic E-state index is 9.98.